The quantitative estimate of drug-likeness (QED) is 0.269. The first kappa shape index (κ1) is 22.7. The van der Waals surface area contributed by atoms with Gasteiger partial charge in [0.05, 0.1) is 0 Å². The number of amides is 2. The highest BCUT2D eigenvalue weighted by Crippen LogP contribution is 2.15. The van der Waals surface area contributed by atoms with Gasteiger partial charge in [0.2, 0.25) is 0 Å². The van der Waals surface area contributed by atoms with Crippen molar-refractivity contribution < 1.29 is 9.59 Å². The number of hydrogen-bond donors (Lipinski definition) is 1. The fraction of sp³-hybridized carbons (Fsp3) is 0.440. The summed E-state index contributed by atoms with van der Waals surface area (Å²) in [5, 5.41) is 0. The van der Waals surface area contributed by atoms with Crippen LogP contribution in [0, 0.1) is 0 Å². The van der Waals surface area contributed by atoms with E-state index in [1.807, 2.05) is 18.2 Å². The third kappa shape index (κ3) is 7.72. The van der Waals surface area contributed by atoms with E-state index < -0.39 is 0 Å². The molecule has 0 aliphatic rings. The number of anilines is 1. The predicted molar refractivity (Wildman–Crippen MR) is 120 cm³/mol. The number of benzene rings is 2. The standard InChI is InChI=1S/C25H34N2O2/c1-2-3-4-5-6-7-8-9-13-20-27(24(28)21-14-11-10-12-15-21)25(29)22-16-18-23(26)19-17-22/h10-12,14-19H,2-9,13,20,26H2,1H3. The Hall–Kier alpha value is -2.62. The largest absolute Gasteiger partial charge is 0.399 e. The number of rotatable bonds is 12. The third-order valence-corrected chi connectivity index (χ3v) is 5.15. The summed E-state index contributed by atoms with van der Waals surface area (Å²) >= 11 is 0. The zero-order chi connectivity index (χ0) is 20.9. The molecular formula is C25H34N2O2. The molecule has 2 amide bonds. The van der Waals surface area contributed by atoms with Crippen LogP contribution in [0.5, 0.6) is 0 Å². The summed E-state index contributed by atoms with van der Waals surface area (Å²) in [5.74, 6) is -0.509. The van der Waals surface area contributed by atoms with Crippen LogP contribution >= 0.6 is 0 Å². The highest BCUT2D eigenvalue weighted by Gasteiger charge is 2.23. The number of nitrogens with two attached hydrogens (primary N) is 1. The molecule has 0 aromatic heterocycles. The van der Waals surface area contributed by atoms with E-state index in [1.54, 1.807) is 36.4 Å². The van der Waals surface area contributed by atoms with E-state index >= 15 is 0 Å². The molecule has 0 atom stereocenters. The topological polar surface area (TPSA) is 63.4 Å². The van der Waals surface area contributed by atoms with Gasteiger partial charge in [-0.1, -0.05) is 76.5 Å². The Morgan fingerprint density at radius 2 is 1.17 bits per heavy atom. The first-order chi connectivity index (χ1) is 14.1. The Morgan fingerprint density at radius 3 is 1.72 bits per heavy atom. The van der Waals surface area contributed by atoms with Crippen molar-refractivity contribution in [3.05, 3.63) is 65.7 Å². The number of carbonyl (C=O) groups excluding carboxylic acids is 2. The molecule has 2 N–H and O–H groups in total. The molecule has 0 aliphatic heterocycles. The monoisotopic (exact) mass is 394 g/mol. The molecule has 0 aliphatic carbocycles. The van der Waals surface area contributed by atoms with Gasteiger partial charge in [-0.3, -0.25) is 14.5 Å². The lowest BCUT2D eigenvalue weighted by Gasteiger charge is -2.21. The van der Waals surface area contributed by atoms with Crippen molar-refractivity contribution in [3.8, 4) is 0 Å². The molecule has 0 saturated heterocycles. The van der Waals surface area contributed by atoms with E-state index in [0.29, 0.717) is 23.4 Å². The van der Waals surface area contributed by atoms with Crippen molar-refractivity contribution in [2.75, 3.05) is 12.3 Å². The molecule has 0 spiro atoms. The Labute approximate surface area is 175 Å². The van der Waals surface area contributed by atoms with Gasteiger partial charge in [-0.25, -0.2) is 0 Å². The lowest BCUT2D eigenvalue weighted by atomic mass is 10.1. The van der Waals surface area contributed by atoms with Crippen molar-refractivity contribution in [2.24, 2.45) is 0 Å². The molecule has 0 bridgehead atoms. The number of nitrogens with zero attached hydrogens (tertiary/aromatic N) is 1. The van der Waals surface area contributed by atoms with Crippen LogP contribution in [0.3, 0.4) is 0 Å². The van der Waals surface area contributed by atoms with Crippen molar-refractivity contribution >= 4 is 17.5 Å². The minimum absolute atomic E-state index is 0.244. The summed E-state index contributed by atoms with van der Waals surface area (Å²) < 4.78 is 0. The zero-order valence-electron chi connectivity index (χ0n) is 17.6. The average molecular weight is 395 g/mol. The number of hydrogen-bond acceptors (Lipinski definition) is 3. The van der Waals surface area contributed by atoms with Gasteiger partial charge in [-0.2, -0.15) is 0 Å². The van der Waals surface area contributed by atoms with Crippen LogP contribution in [0.4, 0.5) is 5.69 Å². The van der Waals surface area contributed by atoms with E-state index in [2.05, 4.69) is 6.92 Å². The van der Waals surface area contributed by atoms with E-state index in [0.717, 1.165) is 19.3 Å². The number of unbranched alkanes of at least 4 members (excludes halogenated alkanes) is 8. The second-order valence-corrected chi connectivity index (χ2v) is 7.58. The first-order valence-corrected chi connectivity index (χ1v) is 10.9. The molecule has 0 saturated carbocycles. The molecule has 0 heterocycles. The highest BCUT2D eigenvalue weighted by atomic mass is 16.2. The van der Waals surface area contributed by atoms with Gasteiger partial charge >= 0.3 is 0 Å². The Bertz CT molecular complexity index is 741. The summed E-state index contributed by atoms with van der Waals surface area (Å²) in [5.41, 5.74) is 7.35. The van der Waals surface area contributed by atoms with Crippen LogP contribution in [-0.4, -0.2) is 23.3 Å². The highest BCUT2D eigenvalue weighted by molar-refractivity contribution is 6.10. The van der Waals surface area contributed by atoms with Crippen LogP contribution in [0.25, 0.3) is 0 Å². The zero-order valence-corrected chi connectivity index (χ0v) is 17.6. The fourth-order valence-corrected chi connectivity index (χ4v) is 3.39. The molecular weight excluding hydrogens is 360 g/mol. The van der Waals surface area contributed by atoms with E-state index in [9.17, 15) is 9.59 Å². The average Bonchev–Trinajstić information content (AvgIpc) is 2.75. The maximum absolute atomic E-state index is 13.0. The van der Waals surface area contributed by atoms with Gasteiger partial charge in [-0.15, -0.1) is 0 Å². The summed E-state index contributed by atoms with van der Waals surface area (Å²) in [7, 11) is 0. The summed E-state index contributed by atoms with van der Waals surface area (Å²) in [6.45, 7) is 2.67. The molecule has 2 rings (SSSR count). The SMILES string of the molecule is CCCCCCCCCCCN(C(=O)c1ccccc1)C(=O)c1ccc(N)cc1. The third-order valence-electron chi connectivity index (χ3n) is 5.15. The van der Waals surface area contributed by atoms with E-state index in [4.69, 9.17) is 5.73 Å². The summed E-state index contributed by atoms with van der Waals surface area (Å²) in [6, 6.07) is 15.7. The maximum Gasteiger partial charge on any atom is 0.260 e. The maximum atomic E-state index is 13.0. The van der Waals surface area contributed by atoms with Crippen molar-refractivity contribution in [1.29, 1.82) is 0 Å². The minimum Gasteiger partial charge on any atom is -0.399 e. The smallest absolute Gasteiger partial charge is 0.260 e. The van der Waals surface area contributed by atoms with Crippen molar-refractivity contribution in [3.63, 3.8) is 0 Å². The lowest BCUT2D eigenvalue weighted by Crippen LogP contribution is -2.37. The lowest BCUT2D eigenvalue weighted by molar-refractivity contribution is 0.0613. The molecule has 2 aromatic rings. The molecule has 2 aromatic carbocycles. The molecule has 29 heavy (non-hydrogen) atoms. The summed E-state index contributed by atoms with van der Waals surface area (Å²) in [6.07, 6.45) is 10.7. The predicted octanol–water partition coefficient (Wildman–Crippen LogP) is 6.08. The number of carbonyl (C=O) groups is 2. The Morgan fingerprint density at radius 1 is 0.690 bits per heavy atom. The normalized spacial score (nSPS) is 10.7. The number of imide groups is 1. The van der Waals surface area contributed by atoms with Gasteiger partial charge in [0.15, 0.2) is 0 Å². The van der Waals surface area contributed by atoms with Crippen LogP contribution in [0.1, 0.15) is 85.4 Å². The van der Waals surface area contributed by atoms with Gasteiger partial charge in [0.1, 0.15) is 0 Å². The first-order valence-electron chi connectivity index (χ1n) is 10.9. The minimum atomic E-state index is -0.265. The van der Waals surface area contributed by atoms with Crippen LogP contribution in [-0.2, 0) is 0 Å². The second kappa shape index (κ2) is 12.8. The van der Waals surface area contributed by atoms with Gasteiger partial charge in [-0.05, 0) is 42.8 Å². The van der Waals surface area contributed by atoms with Gasteiger partial charge in [0.25, 0.3) is 11.8 Å². The van der Waals surface area contributed by atoms with Crippen LogP contribution in [0.15, 0.2) is 54.6 Å². The summed E-state index contributed by atoms with van der Waals surface area (Å²) in [4.78, 5) is 27.4. The molecule has 0 fully saturated rings. The van der Waals surface area contributed by atoms with Crippen molar-refractivity contribution in [1.82, 2.24) is 4.90 Å². The van der Waals surface area contributed by atoms with Crippen LogP contribution < -0.4 is 5.73 Å². The second-order valence-electron chi connectivity index (χ2n) is 7.58. The van der Waals surface area contributed by atoms with Crippen molar-refractivity contribution in [2.45, 2.75) is 64.7 Å². The molecule has 0 unspecified atom stereocenters. The van der Waals surface area contributed by atoms with E-state index in [1.165, 1.54) is 43.4 Å². The van der Waals surface area contributed by atoms with E-state index in [-0.39, 0.29) is 11.8 Å². The Kier molecular flexibility index (Phi) is 9.98. The Balaban J connectivity index is 1.92. The molecule has 156 valence electrons. The van der Waals surface area contributed by atoms with Gasteiger partial charge in [0, 0.05) is 23.4 Å². The molecule has 0 radical (unpaired) electrons. The van der Waals surface area contributed by atoms with Crippen LogP contribution in [0.2, 0.25) is 0 Å². The number of nitrogen functional groups attached to an aromatic ring is 1. The van der Waals surface area contributed by atoms with Gasteiger partial charge < -0.3 is 5.73 Å². The fourth-order valence-electron chi connectivity index (χ4n) is 3.39. The molecule has 4 nitrogen and oxygen atoms in total. The molecule has 4 heteroatoms.